The zero-order chi connectivity index (χ0) is 19.2. The molecule has 0 bridgehead atoms. The van der Waals surface area contributed by atoms with Crippen LogP contribution < -0.4 is 9.64 Å². The Morgan fingerprint density at radius 2 is 1.93 bits per heavy atom. The molecule has 0 unspecified atom stereocenters. The van der Waals surface area contributed by atoms with E-state index in [0.717, 1.165) is 5.69 Å². The number of para-hydroxylation sites is 1. The number of urea groups is 1. The van der Waals surface area contributed by atoms with Crippen LogP contribution in [0.3, 0.4) is 0 Å². The van der Waals surface area contributed by atoms with Crippen LogP contribution in [0.1, 0.15) is 31.0 Å². The minimum atomic E-state index is -0.918. The number of aliphatic hydroxyl groups excluding tert-OH is 1. The largest absolute Gasteiger partial charge is 0.485 e. The van der Waals surface area contributed by atoms with Gasteiger partial charge in [-0.05, 0) is 44.2 Å². The highest BCUT2D eigenvalue weighted by molar-refractivity contribution is 5.94. The summed E-state index contributed by atoms with van der Waals surface area (Å²) in [5.41, 5.74) is 1.12. The number of nitriles is 1. The van der Waals surface area contributed by atoms with E-state index in [0.29, 0.717) is 30.0 Å². The van der Waals surface area contributed by atoms with Crippen LogP contribution in [-0.4, -0.2) is 40.8 Å². The standard InChI is InChI=1S/C21H21N3O3/c1-21(2)19(25)18(16-12-14(13-22)8-9-17(16)27-21)24-11-10-23(20(24)26)15-6-4-3-5-7-15/h3-9,12,18-19,25H,10-11H2,1-2H3/t18-,19+/m1/s1. The molecule has 27 heavy (non-hydrogen) atoms. The fourth-order valence-corrected chi connectivity index (χ4v) is 3.83. The molecule has 138 valence electrons. The van der Waals surface area contributed by atoms with Gasteiger partial charge in [0.1, 0.15) is 17.5 Å². The van der Waals surface area contributed by atoms with Crippen LogP contribution in [0.5, 0.6) is 5.75 Å². The lowest BCUT2D eigenvalue weighted by molar-refractivity contribution is -0.0822. The summed E-state index contributed by atoms with van der Waals surface area (Å²) in [5.74, 6) is 0.597. The number of hydrogen-bond donors (Lipinski definition) is 1. The second-order valence-electron chi connectivity index (χ2n) is 7.42. The van der Waals surface area contributed by atoms with Crippen molar-refractivity contribution in [2.24, 2.45) is 0 Å². The van der Waals surface area contributed by atoms with E-state index in [1.165, 1.54) is 0 Å². The average molecular weight is 363 g/mol. The van der Waals surface area contributed by atoms with Crippen molar-refractivity contribution < 1.29 is 14.6 Å². The van der Waals surface area contributed by atoms with Gasteiger partial charge >= 0.3 is 6.03 Å². The van der Waals surface area contributed by atoms with E-state index in [9.17, 15) is 15.2 Å². The van der Waals surface area contributed by atoms with Crippen LogP contribution >= 0.6 is 0 Å². The highest BCUT2D eigenvalue weighted by Crippen LogP contribution is 2.44. The minimum Gasteiger partial charge on any atom is -0.485 e. The minimum absolute atomic E-state index is 0.156. The molecule has 2 aromatic carbocycles. The first-order valence-electron chi connectivity index (χ1n) is 8.97. The summed E-state index contributed by atoms with van der Waals surface area (Å²) in [6.45, 7) is 4.64. The van der Waals surface area contributed by atoms with Gasteiger partial charge in [-0.1, -0.05) is 18.2 Å². The Bertz CT molecular complexity index is 920. The first-order chi connectivity index (χ1) is 12.9. The number of ether oxygens (including phenoxy) is 1. The lowest BCUT2D eigenvalue weighted by atomic mass is 9.85. The maximum Gasteiger partial charge on any atom is 0.325 e. The molecule has 2 aliphatic heterocycles. The molecule has 2 amide bonds. The van der Waals surface area contributed by atoms with Crippen LogP contribution in [0.15, 0.2) is 48.5 Å². The first kappa shape index (κ1) is 17.4. The molecule has 0 spiro atoms. The second kappa shape index (κ2) is 6.29. The van der Waals surface area contributed by atoms with Gasteiger partial charge in [0.05, 0.1) is 17.7 Å². The Morgan fingerprint density at radius 1 is 1.19 bits per heavy atom. The first-order valence-corrected chi connectivity index (χ1v) is 8.97. The summed E-state index contributed by atoms with van der Waals surface area (Å²) in [7, 11) is 0. The van der Waals surface area contributed by atoms with Crippen LogP contribution in [0, 0.1) is 11.3 Å². The highest BCUT2D eigenvalue weighted by Gasteiger charge is 2.49. The number of anilines is 1. The van der Waals surface area contributed by atoms with Crippen molar-refractivity contribution in [3.8, 4) is 11.8 Å². The van der Waals surface area contributed by atoms with E-state index >= 15 is 0 Å². The van der Waals surface area contributed by atoms with Gasteiger partial charge in [-0.15, -0.1) is 0 Å². The van der Waals surface area contributed by atoms with Gasteiger partial charge < -0.3 is 14.7 Å². The lowest BCUT2D eigenvalue weighted by Gasteiger charge is -2.45. The molecule has 0 saturated carbocycles. The monoisotopic (exact) mass is 363 g/mol. The number of fused-ring (bicyclic) bond motifs is 1. The maximum atomic E-state index is 13.2. The van der Waals surface area contributed by atoms with Crippen molar-refractivity contribution in [3.05, 3.63) is 59.7 Å². The summed E-state index contributed by atoms with van der Waals surface area (Å²) in [6.07, 6.45) is -0.918. The predicted molar refractivity (Wildman–Crippen MR) is 101 cm³/mol. The molecule has 2 heterocycles. The average Bonchev–Trinajstić information content (AvgIpc) is 3.04. The maximum absolute atomic E-state index is 13.2. The van der Waals surface area contributed by atoms with E-state index in [-0.39, 0.29) is 6.03 Å². The topological polar surface area (TPSA) is 76.8 Å². The second-order valence-corrected chi connectivity index (χ2v) is 7.42. The van der Waals surface area contributed by atoms with Gasteiger partial charge in [0, 0.05) is 24.3 Å². The molecule has 0 aromatic heterocycles. The number of aliphatic hydroxyl groups is 1. The van der Waals surface area contributed by atoms with Crippen LogP contribution in [0.25, 0.3) is 0 Å². The quantitative estimate of drug-likeness (QED) is 0.890. The number of amides is 2. The van der Waals surface area contributed by atoms with Crippen molar-refractivity contribution in [1.82, 2.24) is 4.90 Å². The lowest BCUT2D eigenvalue weighted by Crippen LogP contribution is -2.54. The fraction of sp³-hybridized carbons (Fsp3) is 0.333. The summed E-state index contributed by atoms with van der Waals surface area (Å²) in [4.78, 5) is 16.6. The van der Waals surface area contributed by atoms with Crippen molar-refractivity contribution in [3.63, 3.8) is 0 Å². The highest BCUT2D eigenvalue weighted by atomic mass is 16.5. The molecule has 1 N–H and O–H groups in total. The van der Waals surface area contributed by atoms with Crippen molar-refractivity contribution >= 4 is 11.7 Å². The van der Waals surface area contributed by atoms with Crippen LogP contribution in [0.2, 0.25) is 0 Å². The number of carbonyl (C=O) groups excluding carboxylic acids is 1. The zero-order valence-electron chi connectivity index (χ0n) is 15.3. The van der Waals surface area contributed by atoms with Gasteiger partial charge in [0.15, 0.2) is 0 Å². The zero-order valence-corrected chi connectivity index (χ0v) is 15.3. The molecule has 1 fully saturated rings. The van der Waals surface area contributed by atoms with Crippen molar-refractivity contribution in [1.29, 1.82) is 5.26 Å². The third-order valence-electron chi connectivity index (χ3n) is 5.29. The fourth-order valence-electron chi connectivity index (χ4n) is 3.83. The molecule has 0 aliphatic carbocycles. The third-order valence-corrected chi connectivity index (χ3v) is 5.29. The summed E-state index contributed by atoms with van der Waals surface area (Å²) < 4.78 is 5.96. The SMILES string of the molecule is CC1(C)Oc2ccc(C#N)cc2[C@@H](N2CCN(c3ccccc3)C2=O)[C@@H]1O. The smallest absolute Gasteiger partial charge is 0.325 e. The summed E-state index contributed by atoms with van der Waals surface area (Å²) in [6, 6.07) is 16.0. The van der Waals surface area contributed by atoms with Gasteiger partial charge in [-0.3, -0.25) is 4.90 Å². The molecule has 0 radical (unpaired) electrons. The normalized spacial score (nSPS) is 23.6. The van der Waals surface area contributed by atoms with Gasteiger partial charge in [0.2, 0.25) is 0 Å². The Hall–Kier alpha value is -3.04. The van der Waals surface area contributed by atoms with E-state index in [2.05, 4.69) is 6.07 Å². The van der Waals surface area contributed by atoms with Crippen LogP contribution in [0.4, 0.5) is 10.5 Å². The van der Waals surface area contributed by atoms with E-state index in [4.69, 9.17) is 4.74 Å². The number of benzene rings is 2. The molecule has 1 saturated heterocycles. The van der Waals surface area contributed by atoms with E-state index in [1.54, 1.807) is 41.8 Å². The van der Waals surface area contributed by atoms with Gasteiger partial charge in [-0.25, -0.2) is 4.79 Å². The molecule has 2 aliphatic rings. The molecule has 4 rings (SSSR count). The van der Waals surface area contributed by atoms with E-state index in [1.807, 2.05) is 30.3 Å². The molecule has 2 atom stereocenters. The molecule has 6 nitrogen and oxygen atoms in total. The number of carbonyl (C=O) groups is 1. The molecular weight excluding hydrogens is 342 g/mol. The number of nitrogens with zero attached hydrogens (tertiary/aromatic N) is 3. The molecular formula is C21H21N3O3. The van der Waals surface area contributed by atoms with Gasteiger partial charge in [0.25, 0.3) is 0 Å². The number of rotatable bonds is 2. The van der Waals surface area contributed by atoms with Crippen LogP contribution in [-0.2, 0) is 0 Å². The Morgan fingerprint density at radius 3 is 2.63 bits per heavy atom. The summed E-state index contributed by atoms with van der Waals surface area (Å²) >= 11 is 0. The summed E-state index contributed by atoms with van der Waals surface area (Å²) in [5, 5.41) is 20.3. The van der Waals surface area contributed by atoms with E-state index < -0.39 is 17.7 Å². The molecule has 2 aromatic rings. The van der Waals surface area contributed by atoms with Crippen molar-refractivity contribution in [2.45, 2.75) is 31.6 Å². The Kier molecular flexibility index (Phi) is 4.05. The van der Waals surface area contributed by atoms with Gasteiger partial charge in [-0.2, -0.15) is 5.26 Å². The Balaban J connectivity index is 1.74. The molecule has 6 heteroatoms. The van der Waals surface area contributed by atoms with Crippen molar-refractivity contribution in [2.75, 3.05) is 18.0 Å². The third kappa shape index (κ3) is 2.81. The number of hydrogen-bond acceptors (Lipinski definition) is 4. The Labute approximate surface area is 158 Å². The predicted octanol–water partition coefficient (Wildman–Crippen LogP) is 3.07.